The molecule has 4 atom stereocenters. The fourth-order valence-electron chi connectivity index (χ4n) is 4.57. The fourth-order valence-corrected chi connectivity index (χ4v) is 4.57. The van der Waals surface area contributed by atoms with E-state index < -0.39 is 0 Å². The second kappa shape index (κ2) is 4.41. The van der Waals surface area contributed by atoms with Crippen molar-refractivity contribution < 1.29 is 9.84 Å². The van der Waals surface area contributed by atoms with Gasteiger partial charge in [0.05, 0.1) is 13.4 Å². The maximum atomic E-state index is 9.28. The molecule has 0 aromatic heterocycles. The molecule has 2 nitrogen and oxygen atoms in total. The number of ether oxygens (including phenoxy) is 1. The molecular formula is C16H24O2. The Morgan fingerprint density at radius 2 is 2.33 bits per heavy atom. The molecule has 2 fully saturated rings. The highest BCUT2D eigenvalue weighted by molar-refractivity contribution is 5.38. The number of hydrogen-bond acceptors (Lipinski definition) is 2. The minimum Gasteiger partial charge on any atom is -0.504 e. The van der Waals surface area contributed by atoms with Crippen molar-refractivity contribution in [3.63, 3.8) is 0 Å². The van der Waals surface area contributed by atoms with Gasteiger partial charge < -0.3 is 9.84 Å². The Bertz CT molecular complexity index is 396. The lowest BCUT2D eigenvalue weighted by Crippen LogP contribution is -2.14. The maximum Gasteiger partial charge on any atom is 0.0822 e. The molecule has 0 spiro atoms. The third-order valence-corrected chi connectivity index (χ3v) is 5.48. The summed E-state index contributed by atoms with van der Waals surface area (Å²) in [5.41, 5.74) is 3.66. The van der Waals surface area contributed by atoms with E-state index in [1.807, 2.05) is 6.26 Å². The highest BCUT2D eigenvalue weighted by Crippen LogP contribution is 2.72. The summed E-state index contributed by atoms with van der Waals surface area (Å²) in [6, 6.07) is 0. The first-order chi connectivity index (χ1) is 8.72. The molecule has 3 aliphatic carbocycles. The molecule has 18 heavy (non-hydrogen) atoms. The van der Waals surface area contributed by atoms with Crippen LogP contribution in [0.2, 0.25) is 0 Å². The summed E-state index contributed by atoms with van der Waals surface area (Å²) < 4.78 is 5.34. The zero-order valence-electron chi connectivity index (χ0n) is 11.5. The van der Waals surface area contributed by atoms with Gasteiger partial charge >= 0.3 is 0 Å². The molecule has 0 bridgehead atoms. The van der Waals surface area contributed by atoms with E-state index in [0.29, 0.717) is 23.9 Å². The van der Waals surface area contributed by atoms with E-state index in [4.69, 9.17) is 4.74 Å². The second-order valence-electron chi connectivity index (χ2n) is 6.38. The van der Waals surface area contributed by atoms with Crippen molar-refractivity contribution in [3.05, 3.63) is 23.5 Å². The van der Waals surface area contributed by atoms with Crippen LogP contribution in [-0.2, 0) is 4.74 Å². The van der Waals surface area contributed by atoms with Crippen molar-refractivity contribution in [3.8, 4) is 0 Å². The van der Waals surface area contributed by atoms with Crippen LogP contribution in [0.25, 0.3) is 0 Å². The van der Waals surface area contributed by atoms with Crippen LogP contribution in [0.4, 0.5) is 0 Å². The van der Waals surface area contributed by atoms with Gasteiger partial charge in [-0.15, -0.1) is 0 Å². The summed E-state index contributed by atoms with van der Waals surface area (Å²) in [6.45, 7) is 2.74. The van der Waals surface area contributed by atoms with Gasteiger partial charge in [-0.25, -0.2) is 0 Å². The first kappa shape index (κ1) is 12.3. The summed E-state index contributed by atoms with van der Waals surface area (Å²) in [6.07, 6.45) is 10.3. The summed E-state index contributed by atoms with van der Waals surface area (Å²) in [7, 11) is 1.75. The SMILES string of the molecule is CO/C=C1/[C@@H](CCO)CCC2=CCC[C@]3(C)[C@H]1[C@H]23. The van der Waals surface area contributed by atoms with Crippen molar-refractivity contribution in [1.82, 2.24) is 0 Å². The summed E-state index contributed by atoms with van der Waals surface area (Å²) >= 11 is 0. The number of fused-ring (bicyclic) bond motifs is 1. The van der Waals surface area contributed by atoms with Crippen LogP contribution in [0.15, 0.2) is 23.5 Å². The standard InChI is InChI=1S/C16H24O2/c1-16-8-3-4-12-6-5-11(7-9-17)13(10-18-2)15(16)14(12)16/h4,10-11,14-15,17H,3,5-9H2,1-2H3/b13-10-/t11-,14+,15-,16+/m1/s1. The minimum absolute atomic E-state index is 0.291. The molecule has 0 aromatic carbocycles. The van der Waals surface area contributed by atoms with Gasteiger partial charge in [0, 0.05) is 6.61 Å². The van der Waals surface area contributed by atoms with Crippen LogP contribution in [0.5, 0.6) is 0 Å². The van der Waals surface area contributed by atoms with Crippen LogP contribution in [-0.4, -0.2) is 18.8 Å². The lowest BCUT2D eigenvalue weighted by atomic mass is 9.82. The van der Waals surface area contributed by atoms with Crippen molar-refractivity contribution >= 4 is 0 Å². The monoisotopic (exact) mass is 248 g/mol. The van der Waals surface area contributed by atoms with E-state index in [1.165, 1.54) is 31.3 Å². The Hall–Kier alpha value is -0.760. The second-order valence-corrected chi connectivity index (χ2v) is 6.38. The molecule has 0 aliphatic heterocycles. The average molecular weight is 248 g/mol. The topological polar surface area (TPSA) is 29.5 Å². The number of allylic oxidation sites excluding steroid dienone is 3. The molecule has 0 radical (unpaired) electrons. The average Bonchev–Trinajstić information content (AvgIpc) is 3.01. The van der Waals surface area contributed by atoms with E-state index in [2.05, 4.69) is 13.0 Å². The van der Waals surface area contributed by atoms with Crippen molar-refractivity contribution in [1.29, 1.82) is 0 Å². The van der Waals surface area contributed by atoms with Crippen LogP contribution in [0, 0.1) is 23.2 Å². The van der Waals surface area contributed by atoms with Crippen LogP contribution >= 0.6 is 0 Å². The molecule has 0 unspecified atom stereocenters. The molecule has 1 N–H and O–H groups in total. The predicted octanol–water partition coefficient (Wildman–Crippen LogP) is 3.28. The number of methoxy groups -OCH3 is 1. The van der Waals surface area contributed by atoms with Gasteiger partial charge in [0.2, 0.25) is 0 Å². The zero-order chi connectivity index (χ0) is 12.8. The number of aliphatic hydroxyl groups is 1. The van der Waals surface area contributed by atoms with E-state index in [1.54, 1.807) is 12.7 Å². The normalized spacial score (nSPS) is 44.1. The Kier molecular flexibility index (Phi) is 3.01. The summed E-state index contributed by atoms with van der Waals surface area (Å²) in [5, 5.41) is 9.28. The third-order valence-electron chi connectivity index (χ3n) is 5.48. The first-order valence-corrected chi connectivity index (χ1v) is 7.25. The van der Waals surface area contributed by atoms with Gasteiger partial charge in [0.15, 0.2) is 0 Å². The number of rotatable bonds is 3. The minimum atomic E-state index is 0.291. The molecule has 0 aromatic rings. The highest BCUT2D eigenvalue weighted by atomic mass is 16.5. The Labute approximate surface area is 110 Å². The quantitative estimate of drug-likeness (QED) is 0.613. The van der Waals surface area contributed by atoms with Gasteiger partial charge in [0.25, 0.3) is 0 Å². The Morgan fingerprint density at radius 1 is 1.50 bits per heavy atom. The molecule has 3 rings (SSSR count). The molecule has 0 heterocycles. The van der Waals surface area contributed by atoms with E-state index in [0.717, 1.165) is 12.3 Å². The number of aliphatic hydroxyl groups excluding tert-OH is 1. The number of hydrogen-bond donors (Lipinski definition) is 1. The molecular weight excluding hydrogens is 224 g/mol. The molecule has 100 valence electrons. The van der Waals surface area contributed by atoms with Gasteiger partial charge in [0.1, 0.15) is 0 Å². The molecule has 2 saturated carbocycles. The van der Waals surface area contributed by atoms with E-state index in [9.17, 15) is 5.11 Å². The predicted molar refractivity (Wildman–Crippen MR) is 71.9 cm³/mol. The van der Waals surface area contributed by atoms with Crippen molar-refractivity contribution in [2.24, 2.45) is 23.2 Å². The smallest absolute Gasteiger partial charge is 0.0822 e. The Morgan fingerprint density at radius 3 is 3.06 bits per heavy atom. The van der Waals surface area contributed by atoms with Gasteiger partial charge in [-0.3, -0.25) is 0 Å². The van der Waals surface area contributed by atoms with Gasteiger partial charge in [-0.2, -0.15) is 0 Å². The maximum absolute atomic E-state index is 9.28. The largest absolute Gasteiger partial charge is 0.504 e. The first-order valence-electron chi connectivity index (χ1n) is 7.25. The van der Waals surface area contributed by atoms with Crippen molar-refractivity contribution in [2.75, 3.05) is 13.7 Å². The molecule has 2 heteroatoms. The zero-order valence-corrected chi connectivity index (χ0v) is 11.5. The van der Waals surface area contributed by atoms with Crippen LogP contribution in [0.1, 0.15) is 39.0 Å². The van der Waals surface area contributed by atoms with Crippen LogP contribution in [0.3, 0.4) is 0 Å². The third kappa shape index (κ3) is 1.65. The van der Waals surface area contributed by atoms with Crippen molar-refractivity contribution in [2.45, 2.75) is 39.0 Å². The van der Waals surface area contributed by atoms with Gasteiger partial charge in [-0.05, 0) is 60.8 Å². The van der Waals surface area contributed by atoms with Gasteiger partial charge in [-0.1, -0.05) is 18.6 Å². The lowest BCUT2D eigenvalue weighted by Gasteiger charge is -2.24. The molecule has 0 saturated heterocycles. The van der Waals surface area contributed by atoms with E-state index >= 15 is 0 Å². The highest BCUT2D eigenvalue weighted by Gasteiger charge is 2.65. The molecule has 3 aliphatic rings. The lowest BCUT2D eigenvalue weighted by molar-refractivity contribution is 0.253. The molecule has 0 amide bonds. The fraction of sp³-hybridized carbons (Fsp3) is 0.750. The summed E-state index contributed by atoms with van der Waals surface area (Å²) in [4.78, 5) is 0. The Balaban J connectivity index is 1.94. The van der Waals surface area contributed by atoms with E-state index in [-0.39, 0.29) is 0 Å². The van der Waals surface area contributed by atoms with Crippen LogP contribution < -0.4 is 0 Å². The summed E-state index contributed by atoms with van der Waals surface area (Å²) in [5.74, 6) is 1.98.